The van der Waals surface area contributed by atoms with Crippen LogP contribution in [0.5, 0.6) is 0 Å². The smallest absolute Gasteiger partial charge is 0.240 e. The lowest BCUT2D eigenvalue weighted by Crippen LogP contribution is -2.60. The first-order chi connectivity index (χ1) is 37.0. The van der Waals surface area contributed by atoms with Crippen LogP contribution in [0.15, 0.2) is 79.4 Å². The fourth-order valence-electron chi connectivity index (χ4n) is 11.6. The van der Waals surface area contributed by atoms with Crippen molar-refractivity contribution >= 4 is 51.9 Å². The Morgan fingerprint density at radius 3 is 2.26 bits per heavy atom. The van der Waals surface area contributed by atoms with Gasteiger partial charge in [0.05, 0.1) is 54.7 Å². The number of carbonyl (C=O) groups is 3. The summed E-state index contributed by atoms with van der Waals surface area (Å²) in [4.78, 5) is 74.2. The minimum atomic E-state index is -1.00. The number of nitrogens with zero attached hydrogens (tertiary/aromatic N) is 10. The Morgan fingerprint density at radius 1 is 0.789 bits per heavy atom. The van der Waals surface area contributed by atoms with Gasteiger partial charge in [-0.05, 0) is 98.5 Å². The van der Waals surface area contributed by atoms with Crippen LogP contribution in [0.4, 0.5) is 11.5 Å². The molecule has 5 aliphatic rings. The Balaban J connectivity index is 0.642. The number of benzene rings is 2. The third kappa shape index (κ3) is 13.7. The highest BCUT2D eigenvalue weighted by atomic mass is 35.5. The standard InChI is InChI=1S/C57H77ClN14O4/c1-2-42-4-3-5-45(34-42)46-35-50(64-52(73)39-70-30-32-76-33-31-70)51(61-36-46)38-67-17-11-43(12-18-67)37-68-22-24-69(25-23-68)40-53(74)71-28-26-66(27-29-71)19-13-49(44-6-8-47(58)9-7-44)65-56(75)57(59)14-20-72(21-15-57)55-48-10-16-60-54(48)62-41-63-55/h3-10,16,34-36,41,43,49H,2,11-15,17-33,37-40,59H2,1H3,(H,64,73)(H,65,75)(H,60,62,63)/t49-/m0/s1. The van der Waals surface area contributed by atoms with Crippen LogP contribution in [-0.4, -0.2) is 204 Å². The van der Waals surface area contributed by atoms with Crippen molar-refractivity contribution in [2.24, 2.45) is 11.7 Å². The van der Waals surface area contributed by atoms with Gasteiger partial charge >= 0.3 is 0 Å². The van der Waals surface area contributed by atoms with E-state index in [0.29, 0.717) is 89.2 Å². The van der Waals surface area contributed by atoms with Crippen molar-refractivity contribution in [1.82, 2.24) is 54.7 Å². The number of H-pyrrole nitrogens is 1. The Morgan fingerprint density at radius 2 is 1.51 bits per heavy atom. The zero-order valence-electron chi connectivity index (χ0n) is 44.3. The number of anilines is 2. The summed E-state index contributed by atoms with van der Waals surface area (Å²) in [6.45, 7) is 18.3. The lowest BCUT2D eigenvalue weighted by molar-refractivity contribution is -0.134. The van der Waals surface area contributed by atoms with Crippen molar-refractivity contribution in [2.45, 2.75) is 63.6 Å². The second-order valence-corrected chi connectivity index (χ2v) is 22.1. The van der Waals surface area contributed by atoms with Crippen molar-refractivity contribution in [2.75, 3.05) is 141 Å². The van der Waals surface area contributed by atoms with E-state index in [9.17, 15) is 14.4 Å². The number of aromatic nitrogens is 4. The Bertz CT molecular complexity index is 2720. The third-order valence-electron chi connectivity index (χ3n) is 16.6. The molecule has 5 N–H and O–H groups in total. The first-order valence-corrected chi connectivity index (χ1v) is 28.2. The number of piperazine rings is 2. The molecule has 8 heterocycles. The Hall–Kier alpha value is -5.57. The number of carbonyl (C=O) groups excluding carboxylic acids is 3. The summed E-state index contributed by atoms with van der Waals surface area (Å²) in [6, 6.07) is 20.1. The molecule has 3 aromatic heterocycles. The monoisotopic (exact) mass is 1060 g/mol. The maximum Gasteiger partial charge on any atom is 0.240 e. The number of morpholine rings is 1. The van der Waals surface area contributed by atoms with Crippen molar-refractivity contribution in [1.29, 1.82) is 0 Å². The lowest BCUT2D eigenvalue weighted by Gasteiger charge is -2.40. The van der Waals surface area contributed by atoms with E-state index < -0.39 is 5.54 Å². The molecule has 0 bridgehead atoms. The summed E-state index contributed by atoms with van der Waals surface area (Å²) < 4.78 is 5.50. The molecule has 18 nitrogen and oxygen atoms in total. The van der Waals surface area contributed by atoms with E-state index in [1.54, 1.807) is 6.33 Å². The molecule has 0 unspecified atom stereocenters. The van der Waals surface area contributed by atoms with E-state index in [4.69, 9.17) is 27.1 Å². The number of fused-ring (bicyclic) bond motifs is 1. The number of rotatable bonds is 18. The molecule has 10 rings (SSSR count). The molecule has 3 amide bonds. The quantitative estimate of drug-likeness (QED) is 0.0944. The molecular formula is C57H77ClN14O4. The molecule has 76 heavy (non-hydrogen) atoms. The van der Waals surface area contributed by atoms with Gasteiger partial charge < -0.3 is 40.8 Å². The fraction of sp³-hybridized carbons (Fsp3) is 0.544. The van der Waals surface area contributed by atoms with Gasteiger partial charge in [-0.1, -0.05) is 54.9 Å². The topological polar surface area (TPSA) is 188 Å². The van der Waals surface area contributed by atoms with E-state index in [1.807, 2.05) is 47.6 Å². The molecule has 5 fully saturated rings. The SMILES string of the molecule is CCc1cccc(-c2cnc(CN3CCC(CN4CCN(CC(=O)N5CCN(CC[C@H](NC(=O)C6(N)CCN(c7ncnc8[nH]ccc78)CC6)c6ccc(Cl)cc6)CC5)CC4)CC3)c(NC(=O)CN3CCOCC3)c2)c1. The Labute approximate surface area is 452 Å². The molecule has 5 aliphatic heterocycles. The highest BCUT2D eigenvalue weighted by molar-refractivity contribution is 6.30. The van der Waals surface area contributed by atoms with E-state index in [0.717, 1.165) is 143 Å². The summed E-state index contributed by atoms with van der Waals surface area (Å²) in [7, 11) is 0. The van der Waals surface area contributed by atoms with Crippen molar-refractivity contribution in [3.63, 3.8) is 0 Å². The molecule has 2 aromatic carbocycles. The molecule has 0 saturated carbocycles. The molecule has 19 heteroatoms. The van der Waals surface area contributed by atoms with Crippen LogP contribution in [0.3, 0.4) is 0 Å². The summed E-state index contributed by atoms with van der Waals surface area (Å²) in [5.74, 6) is 1.53. The maximum absolute atomic E-state index is 14.0. The second-order valence-electron chi connectivity index (χ2n) is 21.7. The van der Waals surface area contributed by atoms with E-state index in [2.05, 4.69) is 92.2 Å². The highest BCUT2D eigenvalue weighted by Crippen LogP contribution is 2.31. The summed E-state index contributed by atoms with van der Waals surface area (Å²) in [5, 5.41) is 8.20. The van der Waals surface area contributed by atoms with Crippen molar-refractivity contribution in [3.05, 3.63) is 101 Å². The largest absolute Gasteiger partial charge is 0.379 e. The summed E-state index contributed by atoms with van der Waals surface area (Å²) >= 11 is 6.29. The molecule has 5 aromatic rings. The van der Waals surface area contributed by atoms with Gasteiger partial charge in [0.1, 0.15) is 17.8 Å². The van der Waals surface area contributed by atoms with Gasteiger partial charge in [-0.15, -0.1) is 0 Å². The average molecular weight is 1060 g/mol. The average Bonchev–Trinajstić information content (AvgIpc) is 3.94. The Kier molecular flexibility index (Phi) is 17.9. The maximum atomic E-state index is 14.0. The minimum Gasteiger partial charge on any atom is -0.379 e. The van der Waals surface area contributed by atoms with Crippen LogP contribution in [-0.2, 0) is 32.1 Å². The van der Waals surface area contributed by atoms with Gasteiger partial charge in [0.2, 0.25) is 17.7 Å². The number of piperidine rings is 2. The van der Waals surface area contributed by atoms with Crippen LogP contribution < -0.4 is 21.3 Å². The number of ether oxygens (including phenoxy) is 1. The number of nitrogens with one attached hydrogen (secondary N) is 3. The number of pyridine rings is 1. The molecule has 406 valence electrons. The molecule has 5 saturated heterocycles. The first-order valence-electron chi connectivity index (χ1n) is 27.8. The summed E-state index contributed by atoms with van der Waals surface area (Å²) in [5.41, 5.74) is 12.8. The summed E-state index contributed by atoms with van der Waals surface area (Å²) in [6.07, 6.45) is 10.3. The predicted molar refractivity (Wildman–Crippen MR) is 298 cm³/mol. The molecule has 0 radical (unpaired) electrons. The third-order valence-corrected chi connectivity index (χ3v) is 16.8. The van der Waals surface area contributed by atoms with Gasteiger partial charge in [-0.3, -0.25) is 39.0 Å². The molecule has 0 spiro atoms. The van der Waals surface area contributed by atoms with E-state index >= 15 is 0 Å². The number of likely N-dealkylation sites (tertiary alicyclic amines) is 1. The number of aromatic amines is 1. The molecule has 1 atom stereocenters. The predicted octanol–water partition coefficient (Wildman–Crippen LogP) is 4.73. The number of amides is 3. The number of halogens is 1. The zero-order valence-corrected chi connectivity index (χ0v) is 45.1. The van der Waals surface area contributed by atoms with Crippen molar-refractivity contribution < 1.29 is 19.1 Å². The van der Waals surface area contributed by atoms with E-state index in [-0.39, 0.29) is 23.8 Å². The highest BCUT2D eigenvalue weighted by Gasteiger charge is 2.40. The normalized spacial score (nSPS) is 20.2. The van der Waals surface area contributed by atoms with Crippen LogP contribution >= 0.6 is 11.6 Å². The van der Waals surface area contributed by atoms with Crippen LogP contribution in [0.2, 0.25) is 5.02 Å². The zero-order chi connectivity index (χ0) is 52.4. The van der Waals surface area contributed by atoms with Gasteiger partial charge in [-0.25, -0.2) is 9.97 Å². The van der Waals surface area contributed by atoms with E-state index in [1.165, 1.54) is 5.56 Å². The first kappa shape index (κ1) is 53.8. The van der Waals surface area contributed by atoms with Gasteiger partial charge in [0.25, 0.3) is 0 Å². The van der Waals surface area contributed by atoms with Crippen molar-refractivity contribution in [3.8, 4) is 11.1 Å². The number of nitrogens with two attached hydrogens (primary N) is 1. The van der Waals surface area contributed by atoms with Crippen LogP contribution in [0.1, 0.15) is 61.9 Å². The van der Waals surface area contributed by atoms with Gasteiger partial charge in [-0.2, -0.15) is 0 Å². The van der Waals surface area contributed by atoms with Crippen LogP contribution in [0, 0.1) is 5.92 Å². The number of aryl methyl sites for hydroxylation is 1. The number of hydrogen-bond acceptors (Lipinski definition) is 14. The van der Waals surface area contributed by atoms with Crippen LogP contribution in [0.25, 0.3) is 22.2 Å². The fourth-order valence-corrected chi connectivity index (χ4v) is 11.8. The van der Waals surface area contributed by atoms with Gasteiger partial charge in [0, 0.05) is 121 Å². The minimum absolute atomic E-state index is 0.0171. The number of hydrogen-bond donors (Lipinski definition) is 4. The second kappa shape index (κ2) is 25.3. The van der Waals surface area contributed by atoms with Gasteiger partial charge in [0.15, 0.2) is 0 Å². The molecule has 0 aliphatic carbocycles. The molecular weight excluding hydrogens is 980 g/mol. The lowest BCUT2D eigenvalue weighted by atomic mass is 9.87.